The highest BCUT2D eigenvalue weighted by molar-refractivity contribution is 6.34. The molecular weight excluding hydrogens is 259 g/mol. The maximum Gasteiger partial charge on any atom is 0.139 e. The molecule has 5 heteroatoms. The van der Waals surface area contributed by atoms with E-state index in [-0.39, 0.29) is 11.3 Å². The lowest BCUT2D eigenvalue weighted by molar-refractivity contribution is 0.269. The number of halogens is 2. The van der Waals surface area contributed by atoms with Crippen LogP contribution < -0.4 is 10.5 Å². The Balaban J connectivity index is 2.57. The van der Waals surface area contributed by atoms with Gasteiger partial charge < -0.3 is 10.5 Å². The van der Waals surface area contributed by atoms with Crippen LogP contribution in [-0.2, 0) is 0 Å². The van der Waals surface area contributed by atoms with E-state index < -0.39 is 0 Å². The molecule has 3 nitrogen and oxygen atoms in total. The van der Waals surface area contributed by atoms with Crippen molar-refractivity contribution in [1.29, 1.82) is 5.41 Å². The Bertz CT molecular complexity index is 419. The number of nitrogens with one attached hydrogen (secondary N) is 1. The van der Waals surface area contributed by atoms with Crippen molar-refractivity contribution >= 4 is 29.0 Å². The van der Waals surface area contributed by atoms with Crippen LogP contribution in [0.1, 0.15) is 20.3 Å². The van der Waals surface area contributed by atoms with Gasteiger partial charge in [0.05, 0.1) is 17.5 Å². The second-order valence-electron chi connectivity index (χ2n) is 4.47. The largest absolute Gasteiger partial charge is 0.492 e. The summed E-state index contributed by atoms with van der Waals surface area (Å²) in [6, 6.07) is 5.07. The zero-order chi connectivity index (χ0) is 13.1. The molecule has 0 unspecified atom stereocenters. The lowest BCUT2D eigenvalue weighted by Crippen LogP contribution is -2.32. The van der Waals surface area contributed by atoms with Gasteiger partial charge in [-0.2, -0.15) is 0 Å². The standard InChI is InChI=1S/C12H16Cl2N2O/c1-12(2,11(15)16)5-6-17-10-7-8(13)3-4-9(10)14/h3-4,7H,5-6H2,1-2H3,(H3,15,16). The minimum Gasteiger partial charge on any atom is -0.492 e. The summed E-state index contributed by atoms with van der Waals surface area (Å²) in [5.41, 5.74) is 5.11. The molecule has 94 valence electrons. The fourth-order valence-electron chi connectivity index (χ4n) is 1.14. The Morgan fingerprint density at radius 1 is 1.41 bits per heavy atom. The van der Waals surface area contributed by atoms with Gasteiger partial charge in [-0.15, -0.1) is 0 Å². The molecular formula is C12H16Cl2N2O. The van der Waals surface area contributed by atoms with Gasteiger partial charge in [0.15, 0.2) is 0 Å². The van der Waals surface area contributed by atoms with Crippen molar-refractivity contribution in [3.63, 3.8) is 0 Å². The molecule has 0 saturated carbocycles. The van der Waals surface area contributed by atoms with E-state index in [0.29, 0.717) is 28.8 Å². The summed E-state index contributed by atoms with van der Waals surface area (Å²) in [5.74, 6) is 0.705. The zero-order valence-electron chi connectivity index (χ0n) is 9.89. The van der Waals surface area contributed by atoms with Crippen molar-refractivity contribution in [2.45, 2.75) is 20.3 Å². The average molecular weight is 275 g/mol. The highest BCUT2D eigenvalue weighted by Crippen LogP contribution is 2.28. The van der Waals surface area contributed by atoms with Crippen LogP contribution >= 0.6 is 23.2 Å². The molecule has 0 fully saturated rings. The number of hydrogen-bond donors (Lipinski definition) is 2. The molecule has 0 aliphatic rings. The SMILES string of the molecule is CC(C)(CCOc1cc(Cl)ccc1Cl)C(=N)N. The molecule has 1 rings (SSSR count). The second kappa shape index (κ2) is 5.61. The quantitative estimate of drug-likeness (QED) is 0.635. The van der Waals surface area contributed by atoms with Crippen LogP contribution in [-0.4, -0.2) is 12.4 Å². The third-order valence-corrected chi connectivity index (χ3v) is 3.15. The lowest BCUT2D eigenvalue weighted by atomic mass is 9.88. The monoisotopic (exact) mass is 274 g/mol. The van der Waals surface area contributed by atoms with E-state index in [2.05, 4.69) is 0 Å². The predicted molar refractivity (Wildman–Crippen MR) is 72.3 cm³/mol. The number of rotatable bonds is 5. The molecule has 3 N–H and O–H groups in total. The molecule has 0 aliphatic carbocycles. The molecule has 0 aliphatic heterocycles. The van der Waals surface area contributed by atoms with Crippen LogP contribution in [0.5, 0.6) is 5.75 Å². The van der Waals surface area contributed by atoms with E-state index in [9.17, 15) is 0 Å². The normalized spacial score (nSPS) is 11.3. The summed E-state index contributed by atoms with van der Waals surface area (Å²) in [5, 5.41) is 8.53. The van der Waals surface area contributed by atoms with E-state index in [1.54, 1.807) is 18.2 Å². The third-order valence-electron chi connectivity index (χ3n) is 2.61. The second-order valence-corrected chi connectivity index (χ2v) is 5.31. The number of nitrogens with two attached hydrogens (primary N) is 1. The first-order valence-corrected chi connectivity index (χ1v) is 6.01. The number of amidine groups is 1. The van der Waals surface area contributed by atoms with Crippen molar-refractivity contribution in [2.24, 2.45) is 11.1 Å². The molecule has 0 aromatic heterocycles. The zero-order valence-corrected chi connectivity index (χ0v) is 11.4. The highest BCUT2D eigenvalue weighted by Gasteiger charge is 2.21. The van der Waals surface area contributed by atoms with Crippen molar-refractivity contribution < 1.29 is 4.74 Å². The topological polar surface area (TPSA) is 59.1 Å². The Morgan fingerprint density at radius 3 is 2.65 bits per heavy atom. The van der Waals surface area contributed by atoms with Crippen LogP contribution in [0.3, 0.4) is 0 Å². The first-order valence-electron chi connectivity index (χ1n) is 5.25. The average Bonchev–Trinajstić information content (AvgIpc) is 2.22. The summed E-state index contributed by atoms with van der Waals surface area (Å²) in [4.78, 5) is 0. The van der Waals surface area contributed by atoms with Gasteiger partial charge in [0, 0.05) is 16.5 Å². The summed E-state index contributed by atoms with van der Waals surface area (Å²) < 4.78 is 5.54. The minimum atomic E-state index is -0.370. The molecule has 0 spiro atoms. The van der Waals surface area contributed by atoms with E-state index >= 15 is 0 Å². The first kappa shape index (κ1) is 14.1. The highest BCUT2D eigenvalue weighted by atomic mass is 35.5. The van der Waals surface area contributed by atoms with E-state index in [1.807, 2.05) is 13.8 Å². The fraction of sp³-hybridized carbons (Fsp3) is 0.417. The Morgan fingerprint density at radius 2 is 2.06 bits per heavy atom. The molecule has 17 heavy (non-hydrogen) atoms. The summed E-state index contributed by atoms with van der Waals surface area (Å²) in [6.45, 7) is 4.24. The summed E-state index contributed by atoms with van der Waals surface area (Å²) in [7, 11) is 0. The van der Waals surface area contributed by atoms with Crippen LogP contribution in [0, 0.1) is 10.8 Å². The minimum absolute atomic E-state index is 0.151. The molecule has 0 bridgehead atoms. The van der Waals surface area contributed by atoms with Crippen LogP contribution in [0.2, 0.25) is 10.0 Å². The Labute approximate surface area is 111 Å². The van der Waals surface area contributed by atoms with Gasteiger partial charge in [0.1, 0.15) is 5.75 Å². The van der Waals surface area contributed by atoms with Gasteiger partial charge in [0.2, 0.25) is 0 Å². The fourth-order valence-corrected chi connectivity index (χ4v) is 1.47. The van der Waals surface area contributed by atoms with Gasteiger partial charge in [-0.1, -0.05) is 37.0 Å². The molecule has 0 heterocycles. The maximum absolute atomic E-state index is 7.43. The van der Waals surface area contributed by atoms with Gasteiger partial charge in [-0.25, -0.2) is 0 Å². The van der Waals surface area contributed by atoms with Gasteiger partial charge in [-0.05, 0) is 18.6 Å². The Kier molecular flexibility index (Phi) is 4.66. The van der Waals surface area contributed by atoms with E-state index in [0.717, 1.165) is 0 Å². The smallest absolute Gasteiger partial charge is 0.139 e. The summed E-state index contributed by atoms with van der Waals surface area (Å²) in [6.07, 6.45) is 0.644. The van der Waals surface area contributed by atoms with E-state index in [1.165, 1.54) is 0 Å². The lowest BCUT2D eigenvalue weighted by Gasteiger charge is -2.22. The van der Waals surface area contributed by atoms with Gasteiger partial charge in [-0.3, -0.25) is 5.41 Å². The molecule has 1 aromatic rings. The number of benzene rings is 1. The molecule has 0 saturated heterocycles. The molecule has 1 aromatic carbocycles. The van der Waals surface area contributed by atoms with E-state index in [4.69, 9.17) is 39.1 Å². The van der Waals surface area contributed by atoms with Gasteiger partial charge >= 0.3 is 0 Å². The van der Waals surface area contributed by atoms with Crippen molar-refractivity contribution in [3.8, 4) is 5.75 Å². The predicted octanol–water partition coefficient (Wildman–Crippen LogP) is 3.72. The third kappa shape index (κ3) is 4.10. The van der Waals surface area contributed by atoms with Crippen molar-refractivity contribution in [3.05, 3.63) is 28.2 Å². The summed E-state index contributed by atoms with van der Waals surface area (Å²) >= 11 is 11.8. The van der Waals surface area contributed by atoms with Crippen molar-refractivity contribution in [1.82, 2.24) is 0 Å². The van der Waals surface area contributed by atoms with Gasteiger partial charge in [0.25, 0.3) is 0 Å². The molecule has 0 atom stereocenters. The molecule has 0 amide bonds. The number of ether oxygens (including phenoxy) is 1. The van der Waals surface area contributed by atoms with Crippen LogP contribution in [0.15, 0.2) is 18.2 Å². The van der Waals surface area contributed by atoms with Crippen LogP contribution in [0.4, 0.5) is 0 Å². The number of hydrogen-bond acceptors (Lipinski definition) is 2. The Hall–Kier alpha value is -0.930. The van der Waals surface area contributed by atoms with Crippen molar-refractivity contribution in [2.75, 3.05) is 6.61 Å². The first-order chi connectivity index (χ1) is 7.83. The maximum atomic E-state index is 7.43. The van der Waals surface area contributed by atoms with Crippen LogP contribution in [0.25, 0.3) is 0 Å². The molecule has 0 radical (unpaired) electrons.